The minimum Gasteiger partial charge on any atom is -0.379 e. The van der Waals surface area contributed by atoms with Gasteiger partial charge in [0.15, 0.2) is 0 Å². The van der Waals surface area contributed by atoms with E-state index in [-0.39, 0.29) is 23.9 Å². The van der Waals surface area contributed by atoms with Crippen LogP contribution < -0.4 is 0 Å². The molecule has 7 nitrogen and oxygen atoms in total. The van der Waals surface area contributed by atoms with E-state index in [0.29, 0.717) is 38.4 Å². The second-order valence-electron chi connectivity index (χ2n) is 6.58. The largest absolute Gasteiger partial charge is 0.379 e. The van der Waals surface area contributed by atoms with E-state index in [0.717, 1.165) is 19.2 Å². The second kappa shape index (κ2) is 7.99. The van der Waals surface area contributed by atoms with Gasteiger partial charge >= 0.3 is 0 Å². The van der Waals surface area contributed by atoms with Crippen molar-refractivity contribution in [2.45, 2.75) is 11.8 Å². The highest BCUT2D eigenvalue weighted by Gasteiger charge is 2.31. The number of morpholine rings is 1. The fourth-order valence-electron chi connectivity index (χ4n) is 3.27. The predicted molar refractivity (Wildman–Crippen MR) is 93.7 cm³/mol. The fraction of sp³-hybridized carbons (Fsp3) is 0.588. The van der Waals surface area contributed by atoms with Gasteiger partial charge in [0.25, 0.3) is 0 Å². The first kappa shape index (κ1) is 19.2. The van der Waals surface area contributed by atoms with Gasteiger partial charge < -0.3 is 9.64 Å². The Labute approximate surface area is 153 Å². The maximum absolute atomic E-state index is 13.2. The van der Waals surface area contributed by atoms with E-state index in [9.17, 15) is 17.6 Å². The highest BCUT2D eigenvalue weighted by molar-refractivity contribution is 7.89. The van der Waals surface area contributed by atoms with E-state index in [2.05, 4.69) is 4.90 Å². The van der Waals surface area contributed by atoms with E-state index in [4.69, 9.17) is 4.74 Å². The minimum atomic E-state index is -3.68. The summed E-state index contributed by atoms with van der Waals surface area (Å²) in [5, 5.41) is 0. The van der Waals surface area contributed by atoms with Gasteiger partial charge in [0.2, 0.25) is 15.9 Å². The molecule has 0 aromatic heterocycles. The molecule has 1 aromatic rings. The van der Waals surface area contributed by atoms with Crippen LogP contribution in [0.3, 0.4) is 0 Å². The average molecular weight is 385 g/mol. The Kier molecular flexibility index (Phi) is 5.91. The third-order valence-electron chi connectivity index (χ3n) is 4.81. The minimum absolute atomic E-state index is 0.0157. The van der Waals surface area contributed by atoms with Crippen LogP contribution in [0.15, 0.2) is 23.1 Å². The van der Waals surface area contributed by atoms with E-state index in [1.165, 1.54) is 16.4 Å². The molecule has 0 radical (unpaired) electrons. The highest BCUT2D eigenvalue weighted by atomic mass is 32.2. The molecule has 2 aliphatic rings. The molecule has 0 N–H and O–H groups in total. The summed E-state index contributed by atoms with van der Waals surface area (Å²) in [6.07, 6.45) is 0. The maximum Gasteiger partial charge on any atom is 0.243 e. The van der Waals surface area contributed by atoms with Gasteiger partial charge in [0.05, 0.1) is 24.7 Å². The lowest BCUT2D eigenvalue weighted by Gasteiger charge is -2.35. The first-order valence-corrected chi connectivity index (χ1v) is 10.2. The van der Waals surface area contributed by atoms with Crippen LogP contribution in [-0.4, -0.2) is 87.5 Å². The second-order valence-corrected chi connectivity index (χ2v) is 8.49. The van der Waals surface area contributed by atoms with E-state index < -0.39 is 15.8 Å². The Morgan fingerprint density at radius 2 is 1.77 bits per heavy atom. The number of amides is 1. The van der Waals surface area contributed by atoms with Crippen LogP contribution in [0.1, 0.15) is 5.56 Å². The number of rotatable bonds is 4. The first-order chi connectivity index (χ1) is 12.4. The summed E-state index contributed by atoms with van der Waals surface area (Å²) >= 11 is 0. The normalized spacial score (nSPS) is 20.3. The molecule has 2 heterocycles. The molecular formula is C17H24FN3O4S. The third-order valence-corrected chi connectivity index (χ3v) is 6.87. The summed E-state index contributed by atoms with van der Waals surface area (Å²) in [6, 6.07) is 3.67. The standard InChI is InChI=1S/C17H24FN3O4S/c1-14-12-15(18)2-3-16(14)26(23,24)21-6-4-20(5-7-21)17(22)13-19-8-10-25-11-9-19/h2-3,12H,4-11,13H2,1H3. The number of benzene rings is 1. The zero-order chi connectivity index (χ0) is 18.7. The van der Waals surface area contributed by atoms with Gasteiger partial charge in [-0.1, -0.05) is 0 Å². The van der Waals surface area contributed by atoms with Crippen LogP contribution in [0.2, 0.25) is 0 Å². The number of ether oxygens (including phenoxy) is 1. The number of carbonyl (C=O) groups is 1. The van der Waals surface area contributed by atoms with E-state index in [1.807, 2.05) is 0 Å². The molecule has 3 rings (SSSR count). The maximum atomic E-state index is 13.2. The lowest BCUT2D eigenvalue weighted by atomic mass is 10.2. The van der Waals surface area contributed by atoms with Crippen molar-refractivity contribution in [1.82, 2.24) is 14.1 Å². The van der Waals surface area contributed by atoms with Gasteiger partial charge in [-0.2, -0.15) is 4.31 Å². The van der Waals surface area contributed by atoms with Crippen LogP contribution in [0, 0.1) is 12.7 Å². The van der Waals surface area contributed by atoms with Gasteiger partial charge in [0.1, 0.15) is 5.82 Å². The molecule has 9 heteroatoms. The Hall–Kier alpha value is -1.55. The highest BCUT2D eigenvalue weighted by Crippen LogP contribution is 2.22. The molecule has 0 saturated carbocycles. The predicted octanol–water partition coefficient (Wildman–Crippen LogP) is 0.299. The van der Waals surface area contributed by atoms with Crippen molar-refractivity contribution in [3.63, 3.8) is 0 Å². The fourth-order valence-corrected chi connectivity index (χ4v) is 4.90. The van der Waals surface area contributed by atoms with Gasteiger partial charge in [-0.15, -0.1) is 0 Å². The molecule has 26 heavy (non-hydrogen) atoms. The number of sulfonamides is 1. The summed E-state index contributed by atoms with van der Waals surface area (Å²) in [5.74, 6) is -0.443. The lowest BCUT2D eigenvalue weighted by molar-refractivity contribution is -0.134. The average Bonchev–Trinajstić information content (AvgIpc) is 2.62. The van der Waals surface area contributed by atoms with Crippen molar-refractivity contribution < 1.29 is 22.3 Å². The Morgan fingerprint density at radius 1 is 1.12 bits per heavy atom. The van der Waals surface area contributed by atoms with Gasteiger partial charge in [-0.3, -0.25) is 9.69 Å². The van der Waals surface area contributed by atoms with Crippen LogP contribution in [-0.2, 0) is 19.6 Å². The van der Waals surface area contributed by atoms with E-state index >= 15 is 0 Å². The quantitative estimate of drug-likeness (QED) is 0.746. The van der Waals surface area contributed by atoms with Crippen LogP contribution in [0.25, 0.3) is 0 Å². The van der Waals surface area contributed by atoms with Crippen molar-refractivity contribution in [3.05, 3.63) is 29.6 Å². The molecule has 2 saturated heterocycles. The molecule has 1 aromatic carbocycles. The van der Waals surface area contributed by atoms with E-state index in [1.54, 1.807) is 11.8 Å². The van der Waals surface area contributed by atoms with Crippen LogP contribution in [0.5, 0.6) is 0 Å². The Balaban J connectivity index is 1.59. The van der Waals surface area contributed by atoms with Gasteiger partial charge in [0, 0.05) is 39.3 Å². The molecule has 144 valence electrons. The zero-order valence-electron chi connectivity index (χ0n) is 14.9. The lowest BCUT2D eigenvalue weighted by Crippen LogP contribution is -2.53. The topological polar surface area (TPSA) is 70.2 Å². The number of piperazine rings is 1. The van der Waals surface area contributed by atoms with Crippen molar-refractivity contribution in [2.75, 3.05) is 59.0 Å². The van der Waals surface area contributed by atoms with Crippen LogP contribution >= 0.6 is 0 Å². The zero-order valence-corrected chi connectivity index (χ0v) is 15.7. The summed E-state index contributed by atoms with van der Waals surface area (Å²) < 4.78 is 45.5. The summed E-state index contributed by atoms with van der Waals surface area (Å²) in [4.78, 5) is 16.3. The van der Waals surface area contributed by atoms with Crippen molar-refractivity contribution in [1.29, 1.82) is 0 Å². The first-order valence-electron chi connectivity index (χ1n) is 8.72. The molecule has 0 aliphatic carbocycles. The summed E-state index contributed by atoms with van der Waals surface area (Å²) in [6.45, 7) is 5.89. The monoisotopic (exact) mass is 385 g/mol. The molecule has 0 bridgehead atoms. The third kappa shape index (κ3) is 4.22. The molecule has 0 atom stereocenters. The molecule has 1 amide bonds. The van der Waals surface area contributed by atoms with Gasteiger partial charge in [-0.25, -0.2) is 12.8 Å². The number of nitrogens with zero attached hydrogens (tertiary/aromatic N) is 3. The van der Waals surface area contributed by atoms with Gasteiger partial charge in [-0.05, 0) is 30.7 Å². The van der Waals surface area contributed by atoms with Crippen molar-refractivity contribution >= 4 is 15.9 Å². The molecule has 0 unspecified atom stereocenters. The number of halogens is 1. The van der Waals surface area contributed by atoms with Crippen molar-refractivity contribution in [3.8, 4) is 0 Å². The number of carbonyl (C=O) groups excluding carboxylic acids is 1. The Bertz CT molecular complexity index is 757. The molecule has 2 fully saturated rings. The van der Waals surface area contributed by atoms with Crippen molar-refractivity contribution in [2.24, 2.45) is 0 Å². The SMILES string of the molecule is Cc1cc(F)ccc1S(=O)(=O)N1CCN(C(=O)CN2CCOCC2)CC1. The molecule has 0 spiro atoms. The number of hydrogen-bond donors (Lipinski definition) is 0. The Morgan fingerprint density at radius 3 is 2.38 bits per heavy atom. The number of aryl methyl sites for hydroxylation is 1. The molecule has 2 aliphatic heterocycles. The summed E-state index contributed by atoms with van der Waals surface area (Å²) in [7, 11) is -3.68. The number of hydrogen-bond acceptors (Lipinski definition) is 5. The molecular weight excluding hydrogens is 361 g/mol. The van der Waals surface area contributed by atoms with Crippen LogP contribution in [0.4, 0.5) is 4.39 Å². The summed E-state index contributed by atoms with van der Waals surface area (Å²) in [5.41, 5.74) is 0.385. The smallest absolute Gasteiger partial charge is 0.243 e.